The number of ether oxygens (including phenoxy) is 2. The molecule has 0 amide bonds. The number of pyridine rings is 1. The summed E-state index contributed by atoms with van der Waals surface area (Å²) in [5.74, 6) is 1.74. The van der Waals surface area contributed by atoms with Gasteiger partial charge in [0.15, 0.2) is 17.2 Å². The normalized spacial score (nSPS) is 16.3. The molecule has 120 valence electrons. The third kappa shape index (κ3) is 1.86. The third-order valence-corrected chi connectivity index (χ3v) is 4.65. The van der Waals surface area contributed by atoms with Crippen LogP contribution in [-0.2, 0) is 11.3 Å². The summed E-state index contributed by atoms with van der Waals surface area (Å²) in [7, 11) is 1.63. The maximum absolute atomic E-state index is 11.8. The van der Waals surface area contributed by atoms with Crippen LogP contribution in [0.3, 0.4) is 0 Å². The van der Waals surface area contributed by atoms with Crippen molar-refractivity contribution in [3.63, 3.8) is 0 Å². The summed E-state index contributed by atoms with van der Waals surface area (Å²) in [4.78, 5) is 16.5. The summed E-state index contributed by atoms with van der Waals surface area (Å²) < 4.78 is 12.5. The second kappa shape index (κ2) is 4.80. The Labute approximate surface area is 138 Å². The lowest BCUT2D eigenvalue weighted by atomic mass is 10.0. The zero-order chi connectivity index (χ0) is 16.3. The smallest absolute Gasteiger partial charge is 0.338 e. The number of cyclic esters (lactones) is 1. The molecule has 0 spiro atoms. The Morgan fingerprint density at radius 2 is 2.04 bits per heavy atom. The topological polar surface area (TPSA) is 65.7 Å². The minimum Gasteiger partial charge on any atom is -0.493 e. The van der Waals surface area contributed by atoms with Gasteiger partial charge in [0.1, 0.15) is 6.61 Å². The van der Waals surface area contributed by atoms with Crippen molar-refractivity contribution >= 4 is 11.6 Å². The molecular formula is C18H15N3O3. The first-order valence-electron chi connectivity index (χ1n) is 7.99. The molecule has 1 aromatic carbocycles. The van der Waals surface area contributed by atoms with E-state index in [0.717, 1.165) is 35.5 Å². The molecule has 2 aromatic heterocycles. The van der Waals surface area contributed by atoms with Crippen molar-refractivity contribution in [3.05, 3.63) is 47.3 Å². The van der Waals surface area contributed by atoms with Crippen molar-refractivity contribution < 1.29 is 14.3 Å². The number of hydrogen-bond acceptors (Lipinski definition) is 5. The first-order chi connectivity index (χ1) is 11.8. The van der Waals surface area contributed by atoms with Crippen LogP contribution < -0.4 is 4.74 Å². The summed E-state index contributed by atoms with van der Waals surface area (Å²) in [6.07, 6.45) is 2.27. The number of nitrogens with zero attached hydrogens (tertiary/aromatic N) is 3. The van der Waals surface area contributed by atoms with Crippen LogP contribution in [-0.4, -0.2) is 27.7 Å². The van der Waals surface area contributed by atoms with Crippen molar-refractivity contribution in [2.45, 2.75) is 25.4 Å². The van der Waals surface area contributed by atoms with Gasteiger partial charge in [-0.3, -0.25) is 0 Å². The molecule has 0 bridgehead atoms. The van der Waals surface area contributed by atoms with Crippen LogP contribution in [0.25, 0.3) is 16.9 Å². The van der Waals surface area contributed by atoms with Crippen molar-refractivity contribution in [3.8, 4) is 17.0 Å². The highest BCUT2D eigenvalue weighted by molar-refractivity contribution is 5.96. The number of carbonyl (C=O) groups excluding carboxylic acids is 1. The number of rotatable bonds is 3. The molecule has 0 radical (unpaired) electrons. The van der Waals surface area contributed by atoms with Gasteiger partial charge in [-0.05, 0) is 31.0 Å². The minimum atomic E-state index is -0.270. The number of methoxy groups -OCH3 is 1. The third-order valence-electron chi connectivity index (χ3n) is 4.65. The van der Waals surface area contributed by atoms with E-state index in [1.165, 1.54) is 0 Å². The second-order valence-electron chi connectivity index (χ2n) is 6.17. The Bertz CT molecular complexity index is 989. The molecule has 0 saturated heterocycles. The van der Waals surface area contributed by atoms with Gasteiger partial charge >= 0.3 is 5.97 Å². The van der Waals surface area contributed by atoms with Crippen molar-refractivity contribution in [2.75, 3.05) is 7.11 Å². The van der Waals surface area contributed by atoms with Crippen molar-refractivity contribution in [1.29, 1.82) is 0 Å². The fourth-order valence-electron chi connectivity index (χ4n) is 3.22. The zero-order valence-electron chi connectivity index (χ0n) is 13.2. The summed E-state index contributed by atoms with van der Waals surface area (Å²) in [5.41, 5.74) is 4.06. The lowest BCUT2D eigenvalue weighted by molar-refractivity contribution is 0.0535. The fraction of sp³-hybridized carbons (Fsp3) is 0.278. The van der Waals surface area contributed by atoms with E-state index in [1.54, 1.807) is 13.2 Å². The Balaban J connectivity index is 1.77. The molecule has 24 heavy (non-hydrogen) atoms. The lowest BCUT2D eigenvalue weighted by Gasteiger charge is -2.10. The Morgan fingerprint density at radius 3 is 2.83 bits per heavy atom. The Hall–Kier alpha value is -2.89. The zero-order valence-corrected chi connectivity index (χ0v) is 13.2. The predicted molar refractivity (Wildman–Crippen MR) is 86.1 cm³/mol. The van der Waals surface area contributed by atoms with Crippen LogP contribution in [0.15, 0.2) is 30.3 Å². The van der Waals surface area contributed by atoms with Crippen LogP contribution in [0, 0.1) is 0 Å². The first kappa shape index (κ1) is 13.5. The number of aromatic nitrogens is 3. The van der Waals surface area contributed by atoms with Crippen LogP contribution in [0.4, 0.5) is 0 Å². The minimum absolute atomic E-state index is 0.270. The van der Waals surface area contributed by atoms with E-state index in [9.17, 15) is 4.79 Å². The summed E-state index contributed by atoms with van der Waals surface area (Å²) >= 11 is 0. The number of fused-ring (bicyclic) bond motifs is 2. The van der Waals surface area contributed by atoms with E-state index < -0.39 is 0 Å². The number of benzene rings is 1. The molecule has 0 N–H and O–H groups in total. The summed E-state index contributed by atoms with van der Waals surface area (Å²) in [5, 5.41) is 4.70. The standard InChI is InChI=1S/C18H15N3O3/c1-23-15-8-7-14(21-17(15)19-16(20-21)10-5-6-10)11-3-2-4-12-13(11)9-24-18(12)22/h2-4,7-8,10H,5-6,9H2,1H3. The van der Waals surface area contributed by atoms with Crippen LogP contribution in [0.1, 0.15) is 40.5 Å². The molecule has 1 fully saturated rings. The van der Waals surface area contributed by atoms with Crippen LogP contribution >= 0.6 is 0 Å². The Morgan fingerprint density at radius 1 is 1.21 bits per heavy atom. The average Bonchev–Trinajstić information content (AvgIpc) is 3.25. The molecule has 6 heteroatoms. The highest BCUT2D eigenvalue weighted by Gasteiger charge is 2.30. The maximum Gasteiger partial charge on any atom is 0.338 e. The van der Waals surface area contributed by atoms with Gasteiger partial charge in [0.05, 0.1) is 18.4 Å². The van der Waals surface area contributed by atoms with Crippen LogP contribution in [0.5, 0.6) is 5.75 Å². The van der Waals surface area contributed by atoms with E-state index in [0.29, 0.717) is 29.5 Å². The highest BCUT2D eigenvalue weighted by atomic mass is 16.5. The van der Waals surface area contributed by atoms with Crippen molar-refractivity contribution in [1.82, 2.24) is 14.6 Å². The first-order valence-corrected chi connectivity index (χ1v) is 7.99. The quantitative estimate of drug-likeness (QED) is 0.694. The molecule has 0 unspecified atom stereocenters. The van der Waals surface area contributed by atoms with E-state index in [4.69, 9.17) is 14.6 Å². The van der Waals surface area contributed by atoms with E-state index in [1.807, 2.05) is 28.8 Å². The SMILES string of the molecule is COc1ccc(-c2cccc3c2COC3=O)n2nc(C3CC3)nc12. The molecule has 1 saturated carbocycles. The van der Waals surface area contributed by atoms with Crippen molar-refractivity contribution in [2.24, 2.45) is 0 Å². The van der Waals surface area contributed by atoms with E-state index in [-0.39, 0.29) is 5.97 Å². The highest BCUT2D eigenvalue weighted by Crippen LogP contribution is 2.40. The molecule has 5 rings (SSSR count). The summed E-state index contributed by atoms with van der Waals surface area (Å²) in [6.45, 7) is 0.294. The summed E-state index contributed by atoms with van der Waals surface area (Å²) in [6, 6.07) is 9.50. The number of carbonyl (C=O) groups is 1. The lowest BCUT2D eigenvalue weighted by Crippen LogP contribution is -2.00. The monoisotopic (exact) mass is 321 g/mol. The van der Waals surface area contributed by atoms with Gasteiger partial charge in [0.2, 0.25) is 0 Å². The molecule has 3 aromatic rings. The van der Waals surface area contributed by atoms with E-state index in [2.05, 4.69) is 4.98 Å². The predicted octanol–water partition coefficient (Wildman–Crippen LogP) is 2.95. The molecule has 3 heterocycles. The molecular weight excluding hydrogens is 306 g/mol. The molecule has 6 nitrogen and oxygen atoms in total. The molecule has 1 aliphatic heterocycles. The van der Waals surface area contributed by atoms with E-state index >= 15 is 0 Å². The van der Waals surface area contributed by atoms with Crippen LogP contribution in [0.2, 0.25) is 0 Å². The molecule has 2 aliphatic rings. The van der Waals surface area contributed by atoms with Gasteiger partial charge in [-0.25, -0.2) is 14.3 Å². The van der Waals surface area contributed by atoms with Gasteiger partial charge in [-0.2, -0.15) is 5.10 Å². The Kier molecular flexibility index (Phi) is 2.71. The van der Waals surface area contributed by atoms with Gasteiger partial charge in [-0.15, -0.1) is 0 Å². The van der Waals surface area contributed by atoms with Gasteiger partial charge < -0.3 is 9.47 Å². The number of hydrogen-bond donors (Lipinski definition) is 0. The van der Waals surface area contributed by atoms with Gasteiger partial charge in [0.25, 0.3) is 0 Å². The average molecular weight is 321 g/mol. The molecule has 1 aliphatic carbocycles. The fourth-order valence-corrected chi connectivity index (χ4v) is 3.22. The largest absolute Gasteiger partial charge is 0.493 e. The molecule has 0 atom stereocenters. The van der Waals surface area contributed by atoms with Gasteiger partial charge in [0, 0.05) is 17.0 Å². The maximum atomic E-state index is 11.8. The second-order valence-corrected chi connectivity index (χ2v) is 6.17. The number of esters is 1. The van der Waals surface area contributed by atoms with Gasteiger partial charge in [-0.1, -0.05) is 12.1 Å².